The van der Waals surface area contributed by atoms with Crippen molar-refractivity contribution in [1.29, 1.82) is 0 Å². The van der Waals surface area contributed by atoms with Crippen LogP contribution in [0.4, 0.5) is 0 Å². The molecule has 0 bridgehead atoms. The average Bonchev–Trinajstić information content (AvgIpc) is 3.68. The van der Waals surface area contributed by atoms with Gasteiger partial charge in [0.15, 0.2) is 0 Å². The largest absolute Gasteiger partial charge is 0.462 e. The fourth-order valence-corrected chi connectivity index (χ4v) is 6.66. The summed E-state index contributed by atoms with van der Waals surface area (Å²) in [7, 11) is 0. The molecule has 7 nitrogen and oxygen atoms in total. The first-order valence-electron chi connectivity index (χ1n) is 22.1. The molecule has 1 rings (SSSR count). The first-order chi connectivity index (χ1) is 25.6. The average molecular weight is 732 g/mol. The highest BCUT2D eigenvalue weighted by molar-refractivity contribution is 5.99. The highest BCUT2D eigenvalue weighted by atomic mass is 16.6. The molecule has 0 amide bonds. The Morgan fingerprint density at radius 3 is 1.23 bits per heavy atom. The Morgan fingerprint density at radius 1 is 0.500 bits per heavy atom. The Bertz CT molecular complexity index is 896. The Kier molecular flexibility index (Phi) is 34.2. The molecule has 0 spiro atoms. The molecule has 1 fully saturated rings. The molecule has 0 aliphatic carbocycles. The molecule has 1 saturated heterocycles. The lowest BCUT2D eigenvalue weighted by molar-refractivity contribution is -0.180. The standard InChI is InChI=1S/C45H81NO6/c1-3-5-7-9-11-13-15-17-19-21-23-25-27-29-31-35-41-51-45(49)43(52-42(47)36-39-46-37-32-33-38-46)44(48)50-40-34-30-28-26-24-22-20-18-16-14-12-10-8-6-4-2/h16-19,43H,3-15,20-41H2,1-2H3/b18-16-,19-17-. The Labute approximate surface area is 320 Å². The summed E-state index contributed by atoms with van der Waals surface area (Å²) in [6, 6.07) is 0. The fourth-order valence-electron chi connectivity index (χ4n) is 6.66. The van der Waals surface area contributed by atoms with Crippen LogP contribution in [-0.4, -0.2) is 61.8 Å². The summed E-state index contributed by atoms with van der Waals surface area (Å²) in [6.45, 7) is 7.44. The van der Waals surface area contributed by atoms with Crippen LogP contribution in [0.2, 0.25) is 0 Å². The van der Waals surface area contributed by atoms with Gasteiger partial charge in [0.1, 0.15) is 0 Å². The highest BCUT2D eigenvalue weighted by Crippen LogP contribution is 2.13. The number of unbranched alkanes of at least 4 members (excludes halogenated alkanes) is 23. The van der Waals surface area contributed by atoms with Gasteiger partial charge in [0.05, 0.1) is 19.6 Å². The van der Waals surface area contributed by atoms with Crippen molar-refractivity contribution >= 4 is 17.9 Å². The lowest BCUT2D eigenvalue weighted by Crippen LogP contribution is -2.38. The van der Waals surface area contributed by atoms with Gasteiger partial charge in [0.2, 0.25) is 0 Å². The normalized spacial score (nSPS) is 14.0. The summed E-state index contributed by atoms with van der Waals surface area (Å²) in [6.07, 6.45) is 42.3. The maximum absolute atomic E-state index is 12.9. The topological polar surface area (TPSA) is 82.1 Å². The molecular weight excluding hydrogens is 650 g/mol. The molecule has 1 atom stereocenters. The van der Waals surface area contributed by atoms with Crippen LogP contribution in [0.3, 0.4) is 0 Å². The second-order valence-corrected chi connectivity index (χ2v) is 15.0. The smallest absolute Gasteiger partial charge is 0.359 e. The molecule has 0 saturated carbocycles. The Hall–Kier alpha value is -2.15. The second kappa shape index (κ2) is 37.2. The number of allylic oxidation sites excluding steroid dienone is 4. The van der Waals surface area contributed by atoms with Crippen LogP contribution in [0.1, 0.15) is 206 Å². The summed E-state index contributed by atoms with van der Waals surface area (Å²) in [5, 5.41) is 0. The predicted octanol–water partition coefficient (Wildman–Crippen LogP) is 12.2. The SMILES string of the molecule is CCCCCCC/C=C\CCCCCCCCOC(=O)C(OC(=O)CCN1CCCC1)C(=O)OCCCCCCCC/C=C\CCCCCCCC. The maximum Gasteiger partial charge on any atom is 0.359 e. The lowest BCUT2D eigenvalue weighted by atomic mass is 10.1. The third kappa shape index (κ3) is 30.3. The third-order valence-corrected chi connectivity index (χ3v) is 10.1. The molecule has 7 heteroatoms. The van der Waals surface area contributed by atoms with E-state index in [4.69, 9.17) is 14.2 Å². The zero-order valence-electron chi connectivity index (χ0n) is 34.0. The van der Waals surface area contributed by atoms with Crippen LogP contribution in [0, 0.1) is 0 Å². The molecule has 52 heavy (non-hydrogen) atoms. The van der Waals surface area contributed by atoms with E-state index >= 15 is 0 Å². The first-order valence-corrected chi connectivity index (χ1v) is 22.1. The minimum atomic E-state index is -1.65. The first kappa shape index (κ1) is 47.9. The van der Waals surface area contributed by atoms with Crippen molar-refractivity contribution in [3.05, 3.63) is 24.3 Å². The Morgan fingerprint density at radius 2 is 0.846 bits per heavy atom. The van der Waals surface area contributed by atoms with E-state index in [0.717, 1.165) is 77.3 Å². The monoisotopic (exact) mass is 732 g/mol. The van der Waals surface area contributed by atoms with Crippen molar-refractivity contribution in [2.45, 2.75) is 213 Å². The van der Waals surface area contributed by atoms with Gasteiger partial charge in [-0.05, 0) is 90.1 Å². The third-order valence-electron chi connectivity index (χ3n) is 10.1. The minimum absolute atomic E-state index is 0.140. The molecule has 1 aliphatic heterocycles. The van der Waals surface area contributed by atoms with Gasteiger partial charge in [0, 0.05) is 6.54 Å². The molecular formula is C45H81NO6. The van der Waals surface area contributed by atoms with Crippen molar-refractivity contribution in [3.8, 4) is 0 Å². The fraction of sp³-hybridized carbons (Fsp3) is 0.844. The molecule has 0 aromatic heterocycles. The number of nitrogens with zero attached hydrogens (tertiary/aromatic N) is 1. The van der Waals surface area contributed by atoms with Gasteiger partial charge in [-0.25, -0.2) is 9.59 Å². The van der Waals surface area contributed by atoms with Crippen LogP contribution in [0.25, 0.3) is 0 Å². The lowest BCUT2D eigenvalue weighted by Gasteiger charge is -2.18. The molecule has 0 aromatic carbocycles. The maximum atomic E-state index is 12.9. The quantitative estimate of drug-likeness (QED) is 0.0207. The summed E-state index contributed by atoms with van der Waals surface area (Å²) in [5.41, 5.74) is 0. The molecule has 302 valence electrons. The number of hydrogen-bond donors (Lipinski definition) is 0. The van der Waals surface area contributed by atoms with Crippen molar-refractivity contribution < 1.29 is 28.6 Å². The summed E-state index contributed by atoms with van der Waals surface area (Å²) >= 11 is 0. The molecule has 1 aliphatic rings. The van der Waals surface area contributed by atoms with E-state index in [1.54, 1.807) is 0 Å². The zero-order valence-corrected chi connectivity index (χ0v) is 34.0. The van der Waals surface area contributed by atoms with Crippen LogP contribution in [0.5, 0.6) is 0 Å². The number of rotatable bonds is 37. The van der Waals surface area contributed by atoms with Crippen molar-refractivity contribution in [3.63, 3.8) is 0 Å². The number of carbonyl (C=O) groups is 3. The van der Waals surface area contributed by atoms with E-state index < -0.39 is 24.0 Å². The van der Waals surface area contributed by atoms with Crippen LogP contribution < -0.4 is 0 Å². The van der Waals surface area contributed by atoms with Gasteiger partial charge in [-0.1, -0.05) is 147 Å². The summed E-state index contributed by atoms with van der Waals surface area (Å²) in [4.78, 5) is 40.6. The van der Waals surface area contributed by atoms with E-state index in [0.29, 0.717) is 6.54 Å². The van der Waals surface area contributed by atoms with Gasteiger partial charge in [0.25, 0.3) is 6.10 Å². The van der Waals surface area contributed by atoms with Crippen LogP contribution in [-0.2, 0) is 28.6 Å². The molecule has 1 heterocycles. The molecule has 0 radical (unpaired) electrons. The number of likely N-dealkylation sites (tertiary alicyclic amines) is 1. The summed E-state index contributed by atoms with van der Waals surface area (Å²) in [5.74, 6) is -2.21. The van der Waals surface area contributed by atoms with E-state index in [1.165, 1.54) is 122 Å². The second-order valence-electron chi connectivity index (χ2n) is 15.0. The van der Waals surface area contributed by atoms with Gasteiger partial charge >= 0.3 is 17.9 Å². The van der Waals surface area contributed by atoms with Gasteiger partial charge in [-0.3, -0.25) is 4.79 Å². The number of carbonyl (C=O) groups excluding carboxylic acids is 3. The van der Waals surface area contributed by atoms with Crippen LogP contribution in [0.15, 0.2) is 24.3 Å². The Balaban J connectivity index is 2.21. The van der Waals surface area contributed by atoms with Gasteiger partial charge in [-0.15, -0.1) is 0 Å². The number of esters is 3. The number of hydrogen-bond acceptors (Lipinski definition) is 7. The van der Waals surface area contributed by atoms with Crippen LogP contribution >= 0.6 is 0 Å². The van der Waals surface area contributed by atoms with Gasteiger partial charge in [-0.2, -0.15) is 0 Å². The zero-order chi connectivity index (χ0) is 37.6. The number of ether oxygens (including phenoxy) is 3. The van der Waals surface area contributed by atoms with E-state index in [-0.39, 0.29) is 19.6 Å². The highest BCUT2D eigenvalue weighted by Gasteiger charge is 2.34. The molecule has 0 aromatic rings. The van der Waals surface area contributed by atoms with E-state index in [9.17, 15) is 14.4 Å². The molecule has 1 unspecified atom stereocenters. The van der Waals surface area contributed by atoms with Gasteiger partial charge < -0.3 is 19.1 Å². The minimum Gasteiger partial charge on any atom is -0.462 e. The molecule has 0 N–H and O–H groups in total. The van der Waals surface area contributed by atoms with E-state index in [2.05, 4.69) is 43.1 Å². The van der Waals surface area contributed by atoms with Crippen molar-refractivity contribution in [2.24, 2.45) is 0 Å². The van der Waals surface area contributed by atoms with E-state index in [1.807, 2.05) is 0 Å². The van der Waals surface area contributed by atoms with Crippen molar-refractivity contribution in [2.75, 3.05) is 32.8 Å². The van der Waals surface area contributed by atoms with Crippen molar-refractivity contribution in [1.82, 2.24) is 4.90 Å². The summed E-state index contributed by atoms with van der Waals surface area (Å²) < 4.78 is 16.2. The predicted molar refractivity (Wildman–Crippen MR) is 216 cm³/mol.